The Morgan fingerprint density at radius 2 is 1.96 bits per heavy atom. The van der Waals surface area contributed by atoms with Crippen molar-refractivity contribution in [3.8, 4) is 0 Å². The molecule has 2 amide bonds. The molecule has 3 aromatic rings. The van der Waals surface area contributed by atoms with Crippen molar-refractivity contribution in [2.24, 2.45) is 0 Å². The fourth-order valence-electron chi connectivity index (χ4n) is 2.70. The minimum atomic E-state index is -0.0783. The molecule has 1 heterocycles. The maximum absolute atomic E-state index is 12.2. The minimum absolute atomic E-state index is 0.0783. The number of benzene rings is 2. The summed E-state index contributed by atoms with van der Waals surface area (Å²) in [6, 6.07) is 15.5. The first-order valence-electron chi connectivity index (χ1n) is 8.27. The zero-order chi connectivity index (χ0) is 17.6. The summed E-state index contributed by atoms with van der Waals surface area (Å²) in [5.41, 5.74) is 3.16. The van der Waals surface area contributed by atoms with E-state index in [0.717, 1.165) is 29.6 Å². The first kappa shape index (κ1) is 17.3. The predicted octanol–water partition coefficient (Wildman–Crippen LogP) is 3.92. The van der Waals surface area contributed by atoms with E-state index in [-0.39, 0.29) is 6.03 Å². The minimum Gasteiger partial charge on any atom is -0.338 e. The Balaban J connectivity index is 1.43. The van der Waals surface area contributed by atoms with Crippen LogP contribution in [0.4, 0.5) is 4.79 Å². The van der Waals surface area contributed by atoms with Crippen LogP contribution in [0.3, 0.4) is 0 Å². The standard InChI is InChI=1S/C19H21ClN4O/c1-23(13-15-7-9-16(20)10-8-15)19(25)21-11-4-12-24-14-22-17-5-2-3-6-18(17)24/h2-3,5-10,14H,4,11-13H2,1H3,(H,21,25). The highest BCUT2D eigenvalue weighted by Gasteiger charge is 2.08. The van der Waals surface area contributed by atoms with E-state index in [0.29, 0.717) is 18.1 Å². The number of amides is 2. The summed E-state index contributed by atoms with van der Waals surface area (Å²) < 4.78 is 2.11. The molecule has 0 bridgehead atoms. The monoisotopic (exact) mass is 356 g/mol. The normalized spacial score (nSPS) is 10.8. The number of imidazole rings is 1. The summed E-state index contributed by atoms with van der Waals surface area (Å²) in [5, 5.41) is 3.65. The van der Waals surface area contributed by atoms with Crippen molar-refractivity contribution in [2.75, 3.05) is 13.6 Å². The average Bonchev–Trinajstić information content (AvgIpc) is 3.03. The van der Waals surface area contributed by atoms with E-state index in [1.807, 2.05) is 48.8 Å². The van der Waals surface area contributed by atoms with Crippen molar-refractivity contribution in [2.45, 2.75) is 19.5 Å². The number of para-hydroxylation sites is 2. The largest absolute Gasteiger partial charge is 0.338 e. The second kappa shape index (κ2) is 8.03. The van der Waals surface area contributed by atoms with Crippen LogP contribution in [0.2, 0.25) is 5.02 Å². The molecular weight excluding hydrogens is 336 g/mol. The third-order valence-corrected chi connectivity index (χ3v) is 4.31. The number of aromatic nitrogens is 2. The van der Waals surface area contributed by atoms with Gasteiger partial charge in [0.2, 0.25) is 0 Å². The molecule has 25 heavy (non-hydrogen) atoms. The Bertz CT molecular complexity index is 844. The number of halogens is 1. The molecule has 0 spiro atoms. The van der Waals surface area contributed by atoms with Gasteiger partial charge in [0, 0.05) is 31.7 Å². The molecule has 6 heteroatoms. The zero-order valence-corrected chi connectivity index (χ0v) is 14.9. The van der Waals surface area contributed by atoms with Gasteiger partial charge in [0.1, 0.15) is 0 Å². The van der Waals surface area contributed by atoms with Crippen LogP contribution in [0.15, 0.2) is 54.9 Å². The van der Waals surface area contributed by atoms with Crippen LogP contribution in [-0.4, -0.2) is 34.1 Å². The zero-order valence-electron chi connectivity index (χ0n) is 14.2. The van der Waals surface area contributed by atoms with Crippen molar-refractivity contribution in [3.05, 3.63) is 65.4 Å². The molecule has 130 valence electrons. The lowest BCUT2D eigenvalue weighted by atomic mass is 10.2. The summed E-state index contributed by atoms with van der Waals surface area (Å²) in [4.78, 5) is 18.2. The Hall–Kier alpha value is -2.53. The first-order chi connectivity index (χ1) is 12.1. The Morgan fingerprint density at radius 3 is 2.76 bits per heavy atom. The quantitative estimate of drug-likeness (QED) is 0.680. The van der Waals surface area contributed by atoms with Crippen molar-refractivity contribution in [1.82, 2.24) is 19.8 Å². The SMILES string of the molecule is CN(Cc1ccc(Cl)cc1)C(=O)NCCCn1cnc2ccccc21. The summed E-state index contributed by atoms with van der Waals surface area (Å²) in [7, 11) is 1.79. The molecule has 0 radical (unpaired) electrons. The van der Waals surface area contributed by atoms with Gasteiger partial charge in [0.15, 0.2) is 0 Å². The Morgan fingerprint density at radius 1 is 1.20 bits per heavy atom. The van der Waals surface area contributed by atoms with Gasteiger partial charge in [-0.3, -0.25) is 0 Å². The smallest absolute Gasteiger partial charge is 0.317 e. The number of hydrogen-bond acceptors (Lipinski definition) is 2. The number of fused-ring (bicyclic) bond motifs is 1. The molecule has 0 aliphatic carbocycles. The topological polar surface area (TPSA) is 50.2 Å². The molecule has 0 fully saturated rings. The highest BCUT2D eigenvalue weighted by molar-refractivity contribution is 6.30. The molecule has 2 aromatic carbocycles. The predicted molar refractivity (Wildman–Crippen MR) is 101 cm³/mol. The Labute approximate surface area is 152 Å². The second-order valence-electron chi connectivity index (χ2n) is 5.99. The van der Waals surface area contributed by atoms with Crippen LogP contribution in [0, 0.1) is 0 Å². The molecule has 1 aromatic heterocycles. The lowest BCUT2D eigenvalue weighted by molar-refractivity contribution is 0.206. The van der Waals surface area contributed by atoms with E-state index in [4.69, 9.17) is 11.6 Å². The molecule has 0 saturated heterocycles. The summed E-state index contributed by atoms with van der Waals surface area (Å²) in [6.07, 6.45) is 2.69. The van der Waals surface area contributed by atoms with Crippen LogP contribution in [0.1, 0.15) is 12.0 Å². The molecule has 0 unspecified atom stereocenters. The van der Waals surface area contributed by atoms with Crippen molar-refractivity contribution in [1.29, 1.82) is 0 Å². The third kappa shape index (κ3) is 4.51. The highest BCUT2D eigenvalue weighted by Crippen LogP contribution is 2.12. The van der Waals surface area contributed by atoms with Crippen LogP contribution in [0.5, 0.6) is 0 Å². The number of nitrogens with zero attached hydrogens (tertiary/aromatic N) is 3. The first-order valence-corrected chi connectivity index (χ1v) is 8.64. The van der Waals surface area contributed by atoms with Gasteiger partial charge in [-0.25, -0.2) is 9.78 Å². The van der Waals surface area contributed by atoms with Crippen LogP contribution in [-0.2, 0) is 13.1 Å². The maximum atomic E-state index is 12.2. The van der Waals surface area contributed by atoms with E-state index in [1.54, 1.807) is 11.9 Å². The lowest BCUT2D eigenvalue weighted by Gasteiger charge is -2.18. The van der Waals surface area contributed by atoms with E-state index >= 15 is 0 Å². The van der Waals surface area contributed by atoms with E-state index < -0.39 is 0 Å². The fraction of sp³-hybridized carbons (Fsp3) is 0.263. The lowest BCUT2D eigenvalue weighted by Crippen LogP contribution is -2.37. The number of nitrogens with one attached hydrogen (secondary N) is 1. The summed E-state index contributed by atoms with van der Waals surface area (Å²) in [5.74, 6) is 0. The van der Waals surface area contributed by atoms with Gasteiger partial charge >= 0.3 is 6.03 Å². The van der Waals surface area contributed by atoms with Crippen LogP contribution in [0.25, 0.3) is 11.0 Å². The molecule has 0 aliphatic rings. The van der Waals surface area contributed by atoms with Gasteiger partial charge in [-0.05, 0) is 36.2 Å². The highest BCUT2D eigenvalue weighted by atomic mass is 35.5. The molecular formula is C19H21ClN4O. The summed E-state index contributed by atoms with van der Waals surface area (Å²) in [6.45, 7) is 1.99. The number of rotatable bonds is 6. The number of hydrogen-bond donors (Lipinski definition) is 1. The number of urea groups is 1. The van der Waals surface area contributed by atoms with Crippen molar-refractivity contribution >= 4 is 28.7 Å². The molecule has 3 rings (SSSR count). The molecule has 5 nitrogen and oxygen atoms in total. The molecule has 0 atom stereocenters. The molecule has 0 aliphatic heterocycles. The van der Waals surface area contributed by atoms with E-state index in [9.17, 15) is 4.79 Å². The van der Waals surface area contributed by atoms with Gasteiger partial charge in [0.05, 0.1) is 17.4 Å². The Kier molecular flexibility index (Phi) is 5.56. The van der Waals surface area contributed by atoms with Gasteiger partial charge in [0.25, 0.3) is 0 Å². The number of aryl methyl sites for hydroxylation is 1. The third-order valence-electron chi connectivity index (χ3n) is 4.06. The number of carbonyl (C=O) groups is 1. The van der Waals surface area contributed by atoms with Crippen molar-refractivity contribution < 1.29 is 4.79 Å². The number of carbonyl (C=O) groups excluding carboxylic acids is 1. The van der Waals surface area contributed by atoms with Crippen LogP contribution >= 0.6 is 11.6 Å². The maximum Gasteiger partial charge on any atom is 0.317 e. The summed E-state index contributed by atoms with van der Waals surface area (Å²) >= 11 is 5.87. The van der Waals surface area contributed by atoms with Crippen molar-refractivity contribution in [3.63, 3.8) is 0 Å². The van der Waals surface area contributed by atoms with Gasteiger partial charge in [-0.1, -0.05) is 35.9 Å². The molecule has 1 N–H and O–H groups in total. The average molecular weight is 357 g/mol. The van der Waals surface area contributed by atoms with Gasteiger partial charge in [-0.15, -0.1) is 0 Å². The van der Waals surface area contributed by atoms with Gasteiger partial charge in [-0.2, -0.15) is 0 Å². The van der Waals surface area contributed by atoms with Crippen LogP contribution < -0.4 is 5.32 Å². The van der Waals surface area contributed by atoms with E-state index in [2.05, 4.69) is 20.9 Å². The van der Waals surface area contributed by atoms with Gasteiger partial charge < -0.3 is 14.8 Å². The molecule has 0 saturated carbocycles. The fourth-order valence-corrected chi connectivity index (χ4v) is 2.83. The second-order valence-corrected chi connectivity index (χ2v) is 6.43. The van der Waals surface area contributed by atoms with E-state index in [1.165, 1.54) is 0 Å².